The van der Waals surface area contributed by atoms with Crippen LogP contribution in [-0.2, 0) is 11.3 Å². The summed E-state index contributed by atoms with van der Waals surface area (Å²) in [6.07, 6.45) is 1.96. The van der Waals surface area contributed by atoms with Crippen molar-refractivity contribution in [3.05, 3.63) is 86.2 Å². The highest BCUT2D eigenvalue weighted by atomic mass is 16.6. The van der Waals surface area contributed by atoms with E-state index in [1.165, 1.54) is 16.3 Å². The molecule has 13 heteroatoms. The Kier molecular flexibility index (Phi) is 8.20. The lowest BCUT2D eigenvalue weighted by atomic mass is 9.83. The number of rotatable bonds is 6. The lowest BCUT2D eigenvalue weighted by molar-refractivity contribution is -0.134. The number of amides is 2. The maximum atomic E-state index is 13.9. The second-order valence-corrected chi connectivity index (χ2v) is 13.2. The van der Waals surface area contributed by atoms with Crippen LogP contribution in [0, 0.1) is 5.92 Å². The molecule has 0 spiro atoms. The van der Waals surface area contributed by atoms with Crippen molar-refractivity contribution < 1.29 is 23.9 Å². The number of Topliss-reactive ketones (excluding diaryl/α,β-unsaturated/α-hetero) is 1. The third-order valence-corrected chi connectivity index (χ3v) is 9.05. The van der Waals surface area contributed by atoms with Crippen molar-refractivity contribution in [2.24, 2.45) is 11.7 Å². The molecule has 1 aromatic heterocycles. The summed E-state index contributed by atoms with van der Waals surface area (Å²) in [6, 6.07) is 10.2. The van der Waals surface area contributed by atoms with Crippen molar-refractivity contribution in [1.82, 2.24) is 23.7 Å². The summed E-state index contributed by atoms with van der Waals surface area (Å²) in [7, 11) is 0. The SMILES string of the molecule is CC(=O)c1ccc(-n2c(=O)n3n(c2=O)C2C(=CC3)C(C)(C)Oc3cc(OC(=O)N4CCN(C(=O)[C@@H](N)CC(C)C)CC4)ccc32)cc1. The van der Waals surface area contributed by atoms with Gasteiger partial charge in [0.2, 0.25) is 5.91 Å². The van der Waals surface area contributed by atoms with E-state index in [-0.39, 0.29) is 24.0 Å². The number of piperazine rings is 1. The molecule has 3 aliphatic heterocycles. The molecule has 2 N–H and O–H groups in total. The number of fused-ring (bicyclic) bond motifs is 5. The fourth-order valence-electron chi connectivity index (χ4n) is 6.62. The maximum Gasteiger partial charge on any atom is 0.415 e. The summed E-state index contributed by atoms with van der Waals surface area (Å²) in [5.41, 5.74) is 6.52. The summed E-state index contributed by atoms with van der Waals surface area (Å²) in [5, 5.41) is 0. The van der Waals surface area contributed by atoms with Gasteiger partial charge in [0.15, 0.2) is 5.78 Å². The highest BCUT2D eigenvalue weighted by molar-refractivity contribution is 5.94. The molecule has 0 radical (unpaired) electrons. The van der Waals surface area contributed by atoms with Gasteiger partial charge in [-0.2, -0.15) is 0 Å². The number of benzene rings is 2. The third kappa shape index (κ3) is 5.79. The van der Waals surface area contributed by atoms with Gasteiger partial charge in [-0.15, -0.1) is 0 Å². The summed E-state index contributed by atoms with van der Waals surface area (Å²) in [4.78, 5) is 68.3. The van der Waals surface area contributed by atoms with Gasteiger partial charge in [0, 0.05) is 43.4 Å². The Morgan fingerprint density at radius 2 is 1.64 bits per heavy atom. The Hall–Kier alpha value is -4.91. The van der Waals surface area contributed by atoms with Gasteiger partial charge in [0.05, 0.1) is 18.3 Å². The van der Waals surface area contributed by atoms with Crippen molar-refractivity contribution in [3.63, 3.8) is 0 Å². The molecule has 1 saturated heterocycles. The average Bonchev–Trinajstić information content (AvgIpc) is 3.29. The van der Waals surface area contributed by atoms with Crippen LogP contribution in [0.5, 0.6) is 11.5 Å². The Morgan fingerprint density at radius 1 is 0.979 bits per heavy atom. The average molecular weight is 645 g/mol. The predicted octanol–water partition coefficient (Wildman–Crippen LogP) is 2.72. The number of nitrogens with zero attached hydrogens (tertiary/aromatic N) is 5. The number of hydrogen-bond donors (Lipinski definition) is 1. The number of allylic oxidation sites excluding steroid dienone is 1. The van der Waals surface area contributed by atoms with Gasteiger partial charge in [-0.1, -0.05) is 19.9 Å². The van der Waals surface area contributed by atoms with Gasteiger partial charge in [-0.25, -0.2) is 28.3 Å². The summed E-state index contributed by atoms with van der Waals surface area (Å²) < 4.78 is 16.1. The lowest BCUT2D eigenvalue weighted by Crippen LogP contribution is -2.55. The smallest absolute Gasteiger partial charge is 0.415 e. The lowest BCUT2D eigenvalue weighted by Gasteiger charge is -2.42. The van der Waals surface area contributed by atoms with E-state index >= 15 is 0 Å². The molecular weight excluding hydrogens is 604 g/mol. The van der Waals surface area contributed by atoms with Gasteiger partial charge in [0.1, 0.15) is 23.1 Å². The fourth-order valence-corrected chi connectivity index (χ4v) is 6.62. The number of ether oxygens (including phenoxy) is 2. The van der Waals surface area contributed by atoms with Crippen molar-refractivity contribution in [1.29, 1.82) is 0 Å². The molecule has 1 unspecified atom stereocenters. The van der Waals surface area contributed by atoms with Crippen LogP contribution in [0.15, 0.2) is 63.7 Å². The first-order chi connectivity index (χ1) is 22.3. The number of hydrogen-bond acceptors (Lipinski definition) is 8. The molecule has 3 aromatic rings. The van der Waals surface area contributed by atoms with E-state index in [1.54, 1.807) is 52.3 Å². The van der Waals surface area contributed by atoms with E-state index in [0.29, 0.717) is 61.1 Å². The molecule has 0 saturated carbocycles. The summed E-state index contributed by atoms with van der Waals surface area (Å²) in [5.74, 6) is 0.764. The number of ketones is 1. The standard InChI is InChI=1S/C34H40N6O7/c1-20(2)18-27(35)30(42)36-14-16-37(17-15-36)33(45)46-24-10-11-25-28(19-24)47-34(4,5)26-12-13-38-31(43)39(32(44)40(38)29(25)26)23-8-6-22(7-9-23)21(3)41/h6-12,19-20,27,29H,13-18,35H2,1-5H3/t27-,29?/m0/s1. The van der Waals surface area contributed by atoms with Crippen molar-refractivity contribution in [2.75, 3.05) is 26.2 Å². The zero-order valence-corrected chi connectivity index (χ0v) is 27.3. The van der Waals surface area contributed by atoms with Crippen molar-refractivity contribution >= 4 is 17.8 Å². The van der Waals surface area contributed by atoms with Crippen LogP contribution < -0.4 is 26.6 Å². The number of carbonyl (C=O) groups excluding carboxylic acids is 3. The van der Waals surface area contributed by atoms with Crippen LogP contribution in [0.2, 0.25) is 0 Å². The normalized spacial score (nSPS) is 18.8. The van der Waals surface area contributed by atoms with Gasteiger partial charge in [0.25, 0.3) is 0 Å². The second-order valence-electron chi connectivity index (χ2n) is 13.2. The van der Waals surface area contributed by atoms with Gasteiger partial charge >= 0.3 is 17.5 Å². The van der Waals surface area contributed by atoms with E-state index in [4.69, 9.17) is 15.2 Å². The number of aromatic nitrogens is 3. The van der Waals surface area contributed by atoms with Crippen LogP contribution in [0.25, 0.3) is 5.69 Å². The molecule has 47 heavy (non-hydrogen) atoms. The quantitative estimate of drug-likeness (QED) is 0.318. The Balaban J connectivity index is 1.24. The monoisotopic (exact) mass is 644 g/mol. The van der Waals surface area contributed by atoms with Crippen molar-refractivity contribution in [2.45, 2.75) is 65.3 Å². The maximum absolute atomic E-state index is 13.9. The Bertz CT molecular complexity index is 1890. The van der Waals surface area contributed by atoms with Gasteiger partial charge in [-0.05, 0) is 75.1 Å². The second kappa shape index (κ2) is 12.0. The van der Waals surface area contributed by atoms with Gasteiger partial charge in [-0.3, -0.25) is 9.59 Å². The van der Waals surface area contributed by atoms with Crippen LogP contribution in [-0.4, -0.2) is 79.3 Å². The topological polar surface area (TPSA) is 151 Å². The van der Waals surface area contributed by atoms with Crippen LogP contribution >= 0.6 is 0 Å². The predicted molar refractivity (Wildman–Crippen MR) is 173 cm³/mol. The fraction of sp³-hybridized carbons (Fsp3) is 0.441. The first-order valence-electron chi connectivity index (χ1n) is 15.9. The number of carbonyl (C=O) groups is 3. The van der Waals surface area contributed by atoms with Crippen LogP contribution in [0.4, 0.5) is 4.79 Å². The molecule has 4 heterocycles. The van der Waals surface area contributed by atoms with Crippen molar-refractivity contribution in [3.8, 4) is 17.2 Å². The van der Waals surface area contributed by atoms with E-state index < -0.39 is 35.2 Å². The van der Waals surface area contributed by atoms with E-state index in [0.717, 1.165) is 10.1 Å². The minimum Gasteiger partial charge on any atom is -0.483 e. The highest BCUT2D eigenvalue weighted by Gasteiger charge is 2.44. The largest absolute Gasteiger partial charge is 0.483 e. The number of nitrogens with two attached hydrogens (primary N) is 1. The molecule has 248 valence electrons. The molecule has 3 aliphatic rings. The van der Waals surface area contributed by atoms with E-state index in [1.807, 2.05) is 33.8 Å². The zero-order chi connectivity index (χ0) is 33.8. The molecule has 1 fully saturated rings. The van der Waals surface area contributed by atoms with Crippen LogP contribution in [0.1, 0.15) is 63.0 Å². The molecule has 2 amide bonds. The first kappa shape index (κ1) is 32.0. The molecule has 2 aromatic carbocycles. The molecule has 0 bridgehead atoms. The zero-order valence-electron chi connectivity index (χ0n) is 27.3. The van der Waals surface area contributed by atoms with E-state index in [9.17, 15) is 24.0 Å². The molecular formula is C34H40N6O7. The highest BCUT2D eigenvalue weighted by Crippen LogP contribution is 2.47. The molecule has 6 rings (SSSR count). The Morgan fingerprint density at radius 3 is 2.28 bits per heavy atom. The Labute approximate surface area is 271 Å². The van der Waals surface area contributed by atoms with Crippen LogP contribution in [0.3, 0.4) is 0 Å². The minimum absolute atomic E-state index is 0.108. The summed E-state index contributed by atoms with van der Waals surface area (Å²) in [6.45, 7) is 10.8. The van der Waals surface area contributed by atoms with Gasteiger partial charge < -0.3 is 25.0 Å². The molecule has 2 atom stereocenters. The van der Waals surface area contributed by atoms with E-state index in [2.05, 4.69) is 0 Å². The third-order valence-electron chi connectivity index (χ3n) is 9.05. The minimum atomic E-state index is -0.842. The first-order valence-corrected chi connectivity index (χ1v) is 15.9. The molecule has 0 aliphatic carbocycles. The molecule has 13 nitrogen and oxygen atoms in total. The summed E-state index contributed by atoms with van der Waals surface area (Å²) >= 11 is 0.